The molecule has 0 aliphatic heterocycles. The van der Waals surface area contributed by atoms with Crippen molar-refractivity contribution >= 4 is 11.9 Å². The summed E-state index contributed by atoms with van der Waals surface area (Å²) in [6, 6.07) is -0.350. The van der Waals surface area contributed by atoms with Crippen molar-refractivity contribution in [1.82, 2.24) is 5.32 Å². The third-order valence-corrected chi connectivity index (χ3v) is 3.71. The topological polar surface area (TPSA) is 92.4 Å². The number of carboxylic acid groups (broad SMARTS) is 1. The summed E-state index contributed by atoms with van der Waals surface area (Å²) in [4.78, 5) is 23.0. The normalized spacial score (nSPS) is 20.4. The highest BCUT2D eigenvalue weighted by Gasteiger charge is 2.36. The Labute approximate surface area is 108 Å². The zero-order chi connectivity index (χ0) is 13.8. The molecule has 5 nitrogen and oxygen atoms in total. The number of aliphatic carboxylic acids is 1. The molecule has 0 aromatic heterocycles. The van der Waals surface area contributed by atoms with Gasteiger partial charge in [-0.15, -0.1) is 0 Å². The Balaban J connectivity index is 2.62. The lowest BCUT2D eigenvalue weighted by Gasteiger charge is -2.34. The number of hydrogen-bond acceptors (Lipinski definition) is 3. The second-order valence-corrected chi connectivity index (χ2v) is 5.64. The van der Waals surface area contributed by atoms with E-state index in [1.807, 2.05) is 13.8 Å². The number of rotatable bonds is 5. The van der Waals surface area contributed by atoms with Crippen LogP contribution in [0.4, 0.5) is 0 Å². The Kier molecular flexibility index (Phi) is 5.14. The SMILES string of the molecule is CC(C)C(CC(=O)O)NC(=O)C1(N)CCCCC1. The van der Waals surface area contributed by atoms with Crippen LogP contribution < -0.4 is 11.1 Å². The molecule has 1 fully saturated rings. The predicted molar refractivity (Wildman–Crippen MR) is 69.0 cm³/mol. The quantitative estimate of drug-likeness (QED) is 0.690. The molecule has 1 atom stereocenters. The molecular formula is C13H24N2O3. The van der Waals surface area contributed by atoms with Crippen molar-refractivity contribution in [1.29, 1.82) is 0 Å². The molecule has 0 radical (unpaired) electrons. The molecule has 0 aromatic carbocycles. The van der Waals surface area contributed by atoms with Crippen molar-refractivity contribution in [2.75, 3.05) is 0 Å². The van der Waals surface area contributed by atoms with Crippen LogP contribution in [-0.2, 0) is 9.59 Å². The van der Waals surface area contributed by atoms with Gasteiger partial charge in [0, 0.05) is 6.04 Å². The van der Waals surface area contributed by atoms with Gasteiger partial charge in [0.05, 0.1) is 12.0 Å². The van der Waals surface area contributed by atoms with Gasteiger partial charge in [-0.1, -0.05) is 33.1 Å². The lowest BCUT2D eigenvalue weighted by Crippen LogP contribution is -2.58. The summed E-state index contributed by atoms with van der Waals surface area (Å²) in [5, 5.41) is 11.7. The van der Waals surface area contributed by atoms with Crippen LogP contribution in [0, 0.1) is 5.92 Å². The van der Waals surface area contributed by atoms with E-state index in [2.05, 4.69) is 5.32 Å². The van der Waals surface area contributed by atoms with Gasteiger partial charge in [0.1, 0.15) is 0 Å². The zero-order valence-electron chi connectivity index (χ0n) is 11.2. The highest BCUT2D eigenvalue weighted by Crippen LogP contribution is 2.26. The molecule has 0 aromatic rings. The molecule has 0 bridgehead atoms. The summed E-state index contributed by atoms with van der Waals surface area (Å²) in [7, 11) is 0. The fourth-order valence-electron chi connectivity index (χ4n) is 2.36. The molecule has 1 aliphatic rings. The van der Waals surface area contributed by atoms with Crippen molar-refractivity contribution in [3.63, 3.8) is 0 Å². The van der Waals surface area contributed by atoms with Gasteiger partial charge in [0.15, 0.2) is 0 Å². The molecule has 1 saturated carbocycles. The van der Waals surface area contributed by atoms with Crippen LogP contribution in [0.1, 0.15) is 52.4 Å². The Bertz CT molecular complexity index is 309. The van der Waals surface area contributed by atoms with E-state index in [4.69, 9.17) is 10.8 Å². The maximum Gasteiger partial charge on any atom is 0.305 e. The molecule has 1 amide bonds. The summed E-state index contributed by atoms with van der Waals surface area (Å²) < 4.78 is 0. The van der Waals surface area contributed by atoms with E-state index >= 15 is 0 Å². The first-order valence-electron chi connectivity index (χ1n) is 6.67. The van der Waals surface area contributed by atoms with E-state index in [9.17, 15) is 9.59 Å². The van der Waals surface area contributed by atoms with Crippen molar-refractivity contribution in [2.45, 2.75) is 64.0 Å². The number of carbonyl (C=O) groups excluding carboxylic acids is 1. The van der Waals surface area contributed by atoms with Gasteiger partial charge < -0.3 is 16.2 Å². The molecule has 0 spiro atoms. The number of nitrogens with two attached hydrogens (primary N) is 1. The summed E-state index contributed by atoms with van der Waals surface area (Å²) in [5.74, 6) is -1.01. The van der Waals surface area contributed by atoms with Crippen LogP contribution in [0.2, 0.25) is 0 Å². The molecule has 18 heavy (non-hydrogen) atoms. The van der Waals surface area contributed by atoms with Gasteiger partial charge in [0.2, 0.25) is 5.91 Å². The minimum atomic E-state index is -0.899. The van der Waals surface area contributed by atoms with E-state index in [-0.39, 0.29) is 24.3 Å². The number of nitrogens with one attached hydrogen (secondary N) is 1. The average molecular weight is 256 g/mol. The summed E-state index contributed by atoms with van der Waals surface area (Å²) >= 11 is 0. The molecule has 0 saturated heterocycles. The van der Waals surface area contributed by atoms with Crippen molar-refractivity contribution in [3.8, 4) is 0 Å². The number of carbonyl (C=O) groups is 2. The fourth-order valence-corrected chi connectivity index (χ4v) is 2.36. The zero-order valence-corrected chi connectivity index (χ0v) is 11.2. The lowest BCUT2D eigenvalue weighted by atomic mass is 9.81. The number of amides is 1. The minimum absolute atomic E-state index is 0.0561. The third-order valence-electron chi connectivity index (χ3n) is 3.71. The average Bonchev–Trinajstić information content (AvgIpc) is 2.28. The summed E-state index contributed by atoms with van der Waals surface area (Å²) in [6.45, 7) is 3.80. The maximum absolute atomic E-state index is 12.2. The second-order valence-electron chi connectivity index (χ2n) is 5.64. The first kappa shape index (κ1) is 15.0. The Morgan fingerprint density at radius 1 is 1.28 bits per heavy atom. The van der Waals surface area contributed by atoms with Crippen molar-refractivity contribution < 1.29 is 14.7 Å². The van der Waals surface area contributed by atoms with Gasteiger partial charge in [-0.3, -0.25) is 9.59 Å². The molecule has 5 heteroatoms. The van der Waals surface area contributed by atoms with Gasteiger partial charge in [0.25, 0.3) is 0 Å². The predicted octanol–water partition coefficient (Wildman–Crippen LogP) is 1.26. The first-order chi connectivity index (χ1) is 8.35. The molecule has 104 valence electrons. The molecule has 1 aliphatic carbocycles. The molecule has 4 N–H and O–H groups in total. The molecule has 1 unspecified atom stereocenters. The van der Waals surface area contributed by atoms with Crippen LogP contribution in [-0.4, -0.2) is 28.6 Å². The maximum atomic E-state index is 12.2. The van der Waals surface area contributed by atoms with E-state index in [1.54, 1.807) is 0 Å². The van der Waals surface area contributed by atoms with E-state index in [1.165, 1.54) is 0 Å². The molecular weight excluding hydrogens is 232 g/mol. The fraction of sp³-hybridized carbons (Fsp3) is 0.846. The first-order valence-corrected chi connectivity index (χ1v) is 6.67. The van der Waals surface area contributed by atoms with E-state index < -0.39 is 11.5 Å². The monoisotopic (exact) mass is 256 g/mol. The number of hydrogen-bond donors (Lipinski definition) is 3. The summed E-state index contributed by atoms with van der Waals surface area (Å²) in [5.41, 5.74) is 5.32. The van der Waals surface area contributed by atoms with E-state index in [0.717, 1.165) is 19.3 Å². The Morgan fingerprint density at radius 3 is 2.28 bits per heavy atom. The van der Waals surface area contributed by atoms with Crippen molar-refractivity contribution in [2.24, 2.45) is 11.7 Å². The summed E-state index contributed by atoms with van der Waals surface area (Å²) in [6.07, 6.45) is 4.38. The van der Waals surface area contributed by atoms with Crippen LogP contribution in [0.15, 0.2) is 0 Å². The van der Waals surface area contributed by atoms with Crippen LogP contribution in [0.3, 0.4) is 0 Å². The number of carboxylic acids is 1. The van der Waals surface area contributed by atoms with Crippen LogP contribution in [0.25, 0.3) is 0 Å². The van der Waals surface area contributed by atoms with Gasteiger partial charge in [-0.25, -0.2) is 0 Å². The largest absolute Gasteiger partial charge is 0.481 e. The van der Waals surface area contributed by atoms with Crippen LogP contribution >= 0.6 is 0 Å². The highest BCUT2D eigenvalue weighted by molar-refractivity contribution is 5.86. The standard InChI is InChI=1S/C13H24N2O3/c1-9(2)10(8-11(16)17)15-12(18)13(14)6-4-3-5-7-13/h9-10H,3-8,14H2,1-2H3,(H,15,18)(H,16,17). The van der Waals surface area contributed by atoms with Gasteiger partial charge in [-0.05, 0) is 18.8 Å². The third kappa shape index (κ3) is 3.98. The Hall–Kier alpha value is -1.10. The van der Waals surface area contributed by atoms with Crippen LogP contribution in [0.5, 0.6) is 0 Å². The minimum Gasteiger partial charge on any atom is -0.481 e. The molecule has 1 rings (SSSR count). The van der Waals surface area contributed by atoms with E-state index in [0.29, 0.717) is 12.8 Å². The van der Waals surface area contributed by atoms with Gasteiger partial charge in [-0.2, -0.15) is 0 Å². The Morgan fingerprint density at radius 2 is 1.83 bits per heavy atom. The highest BCUT2D eigenvalue weighted by atomic mass is 16.4. The smallest absolute Gasteiger partial charge is 0.305 e. The molecule has 0 heterocycles. The second kappa shape index (κ2) is 6.18. The van der Waals surface area contributed by atoms with Crippen molar-refractivity contribution in [3.05, 3.63) is 0 Å². The van der Waals surface area contributed by atoms with Gasteiger partial charge >= 0.3 is 5.97 Å². The lowest BCUT2D eigenvalue weighted by molar-refractivity contribution is -0.138.